The number of hydrogen-bond donors (Lipinski definition) is 1. The molecular formula is C19H19ClN2O3. The molecule has 0 spiro atoms. The predicted molar refractivity (Wildman–Crippen MR) is 98.2 cm³/mol. The third kappa shape index (κ3) is 3.77. The van der Waals surface area contributed by atoms with Crippen LogP contribution in [-0.4, -0.2) is 25.0 Å². The molecule has 1 atom stereocenters. The molecule has 2 amide bonds. The second-order valence-electron chi connectivity index (χ2n) is 5.78. The minimum atomic E-state index is -0.432. The Bertz CT molecular complexity index is 794. The Morgan fingerprint density at radius 1 is 1.24 bits per heavy atom. The number of benzene rings is 2. The Labute approximate surface area is 151 Å². The molecule has 1 aliphatic rings. The Morgan fingerprint density at radius 2 is 1.96 bits per heavy atom. The average Bonchev–Trinajstić information content (AvgIpc) is 2.99. The number of halogens is 1. The third-order valence-electron chi connectivity index (χ3n) is 4.08. The quantitative estimate of drug-likeness (QED) is 0.886. The molecule has 2 aromatic carbocycles. The van der Waals surface area contributed by atoms with Crippen molar-refractivity contribution in [2.24, 2.45) is 5.92 Å². The molecule has 0 radical (unpaired) electrons. The summed E-state index contributed by atoms with van der Waals surface area (Å²) in [5.41, 5.74) is 1.25. The molecule has 1 N–H and O–H groups in total. The Morgan fingerprint density at radius 3 is 2.72 bits per heavy atom. The van der Waals surface area contributed by atoms with Gasteiger partial charge in [-0.2, -0.15) is 0 Å². The van der Waals surface area contributed by atoms with Gasteiger partial charge < -0.3 is 15.0 Å². The standard InChI is InChI=1S/C19H19ClN2O3/c1-2-25-17-10-6-4-8-15(17)21-19(24)13-11-18(23)22(12-13)16-9-5-3-7-14(16)20/h3-10,13H,2,11-12H2,1H3,(H,21,24). The number of nitrogens with one attached hydrogen (secondary N) is 1. The zero-order chi connectivity index (χ0) is 17.8. The average molecular weight is 359 g/mol. The van der Waals surface area contributed by atoms with Crippen molar-refractivity contribution in [2.45, 2.75) is 13.3 Å². The second kappa shape index (κ2) is 7.57. The van der Waals surface area contributed by atoms with Gasteiger partial charge in [-0.1, -0.05) is 35.9 Å². The number of anilines is 2. The monoisotopic (exact) mass is 358 g/mol. The maximum absolute atomic E-state index is 12.6. The van der Waals surface area contributed by atoms with Crippen molar-refractivity contribution in [2.75, 3.05) is 23.4 Å². The molecule has 1 aliphatic heterocycles. The molecule has 0 saturated carbocycles. The zero-order valence-corrected chi connectivity index (χ0v) is 14.6. The molecule has 1 heterocycles. The zero-order valence-electron chi connectivity index (χ0n) is 13.9. The second-order valence-corrected chi connectivity index (χ2v) is 6.18. The van der Waals surface area contributed by atoms with Crippen LogP contribution in [0.3, 0.4) is 0 Å². The van der Waals surface area contributed by atoms with Crippen LogP contribution in [0.15, 0.2) is 48.5 Å². The SMILES string of the molecule is CCOc1ccccc1NC(=O)C1CC(=O)N(c2ccccc2Cl)C1. The summed E-state index contributed by atoms with van der Waals surface area (Å²) in [6, 6.07) is 14.4. The minimum Gasteiger partial charge on any atom is -0.492 e. The minimum absolute atomic E-state index is 0.105. The van der Waals surface area contributed by atoms with Crippen molar-refractivity contribution in [3.8, 4) is 5.75 Å². The van der Waals surface area contributed by atoms with Gasteiger partial charge in [0.2, 0.25) is 11.8 Å². The fourth-order valence-electron chi connectivity index (χ4n) is 2.87. The summed E-state index contributed by atoms with van der Waals surface area (Å²) >= 11 is 6.17. The number of amides is 2. The number of carbonyl (C=O) groups excluding carboxylic acids is 2. The van der Waals surface area contributed by atoms with E-state index in [-0.39, 0.29) is 18.2 Å². The van der Waals surface area contributed by atoms with Gasteiger partial charge in [0.1, 0.15) is 5.75 Å². The molecule has 1 fully saturated rings. The molecule has 0 aliphatic carbocycles. The smallest absolute Gasteiger partial charge is 0.229 e. The molecular weight excluding hydrogens is 340 g/mol. The van der Waals surface area contributed by atoms with E-state index >= 15 is 0 Å². The van der Waals surface area contributed by atoms with Gasteiger partial charge in [0.25, 0.3) is 0 Å². The van der Waals surface area contributed by atoms with Crippen molar-refractivity contribution < 1.29 is 14.3 Å². The van der Waals surface area contributed by atoms with Gasteiger partial charge in [-0.3, -0.25) is 9.59 Å². The molecule has 5 nitrogen and oxygen atoms in total. The number of nitrogens with zero attached hydrogens (tertiary/aromatic N) is 1. The van der Waals surface area contributed by atoms with Gasteiger partial charge in [-0.05, 0) is 31.2 Å². The van der Waals surface area contributed by atoms with E-state index in [9.17, 15) is 9.59 Å². The van der Waals surface area contributed by atoms with Crippen LogP contribution >= 0.6 is 11.6 Å². The largest absolute Gasteiger partial charge is 0.492 e. The Kier molecular flexibility index (Phi) is 5.24. The van der Waals surface area contributed by atoms with Crippen LogP contribution in [0.2, 0.25) is 5.02 Å². The van der Waals surface area contributed by atoms with Crippen LogP contribution in [-0.2, 0) is 9.59 Å². The molecule has 0 bridgehead atoms. The van der Waals surface area contributed by atoms with Gasteiger partial charge in [0, 0.05) is 13.0 Å². The number of ether oxygens (including phenoxy) is 1. The Balaban J connectivity index is 1.72. The van der Waals surface area contributed by atoms with E-state index in [0.717, 1.165) is 0 Å². The lowest BCUT2D eigenvalue weighted by Gasteiger charge is -2.18. The number of carbonyl (C=O) groups is 2. The van der Waals surface area contributed by atoms with Gasteiger partial charge >= 0.3 is 0 Å². The first kappa shape index (κ1) is 17.3. The van der Waals surface area contributed by atoms with E-state index in [1.54, 1.807) is 35.2 Å². The predicted octanol–water partition coefficient (Wildman–Crippen LogP) is 3.73. The van der Waals surface area contributed by atoms with Crippen molar-refractivity contribution in [1.82, 2.24) is 0 Å². The first-order chi connectivity index (χ1) is 12.1. The highest BCUT2D eigenvalue weighted by Crippen LogP contribution is 2.32. The van der Waals surface area contributed by atoms with E-state index in [0.29, 0.717) is 35.3 Å². The topological polar surface area (TPSA) is 58.6 Å². The van der Waals surface area contributed by atoms with Gasteiger partial charge in [-0.15, -0.1) is 0 Å². The van der Waals surface area contributed by atoms with Crippen molar-refractivity contribution in [1.29, 1.82) is 0 Å². The maximum atomic E-state index is 12.6. The van der Waals surface area contributed by atoms with Crippen LogP contribution in [0.4, 0.5) is 11.4 Å². The summed E-state index contributed by atoms with van der Waals surface area (Å²) in [5, 5.41) is 3.37. The lowest BCUT2D eigenvalue weighted by atomic mass is 10.1. The van der Waals surface area contributed by atoms with E-state index in [4.69, 9.17) is 16.3 Å². The maximum Gasteiger partial charge on any atom is 0.229 e. The summed E-state index contributed by atoms with van der Waals surface area (Å²) in [5.74, 6) is -0.120. The summed E-state index contributed by atoms with van der Waals surface area (Å²) in [7, 11) is 0. The fraction of sp³-hybridized carbons (Fsp3) is 0.263. The highest BCUT2D eigenvalue weighted by molar-refractivity contribution is 6.33. The lowest BCUT2D eigenvalue weighted by molar-refractivity contribution is -0.122. The van der Waals surface area contributed by atoms with E-state index in [1.165, 1.54) is 0 Å². The normalized spacial score (nSPS) is 16.8. The first-order valence-electron chi connectivity index (χ1n) is 8.17. The van der Waals surface area contributed by atoms with Crippen molar-refractivity contribution in [3.05, 3.63) is 53.6 Å². The van der Waals surface area contributed by atoms with Crippen LogP contribution < -0.4 is 15.0 Å². The molecule has 3 rings (SSSR count). The number of hydrogen-bond acceptors (Lipinski definition) is 3. The fourth-order valence-corrected chi connectivity index (χ4v) is 3.11. The molecule has 25 heavy (non-hydrogen) atoms. The van der Waals surface area contributed by atoms with Gasteiger partial charge in [0.15, 0.2) is 0 Å². The summed E-state index contributed by atoms with van der Waals surface area (Å²) in [4.78, 5) is 26.5. The van der Waals surface area contributed by atoms with E-state index in [2.05, 4.69) is 5.32 Å². The molecule has 1 unspecified atom stereocenters. The van der Waals surface area contributed by atoms with Crippen LogP contribution in [0.5, 0.6) is 5.75 Å². The summed E-state index contributed by atoms with van der Waals surface area (Å²) in [6.07, 6.45) is 0.161. The summed E-state index contributed by atoms with van der Waals surface area (Å²) < 4.78 is 5.52. The highest BCUT2D eigenvalue weighted by atomic mass is 35.5. The third-order valence-corrected chi connectivity index (χ3v) is 4.40. The lowest BCUT2D eigenvalue weighted by Crippen LogP contribution is -2.28. The van der Waals surface area contributed by atoms with Crippen LogP contribution in [0, 0.1) is 5.92 Å². The number of rotatable bonds is 5. The van der Waals surface area contributed by atoms with E-state index in [1.807, 2.05) is 25.1 Å². The first-order valence-corrected chi connectivity index (χ1v) is 8.55. The molecule has 130 valence electrons. The van der Waals surface area contributed by atoms with Crippen LogP contribution in [0.25, 0.3) is 0 Å². The molecule has 6 heteroatoms. The van der Waals surface area contributed by atoms with Crippen LogP contribution in [0.1, 0.15) is 13.3 Å². The van der Waals surface area contributed by atoms with E-state index < -0.39 is 5.92 Å². The number of para-hydroxylation sites is 3. The van der Waals surface area contributed by atoms with Crippen molar-refractivity contribution >= 4 is 34.8 Å². The molecule has 1 saturated heterocycles. The van der Waals surface area contributed by atoms with Crippen molar-refractivity contribution in [3.63, 3.8) is 0 Å². The molecule has 0 aromatic heterocycles. The van der Waals surface area contributed by atoms with Gasteiger partial charge in [-0.25, -0.2) is 0 Å². The Hall–Kier alpha value is -2.53. The molecule has 2 aromatic rings. The van der Waals surface area contributed by atoms with Gasteiger partial charge in [0.05, 0.1) is 28.9 Å². The highest BCUT2D eigenvalue weighted by Gasteiger charge is 2.36. The summed E-state index contributed by atoms with van der Waals surface area (Å²) in [6.45, 7) is 2.70.